The van der Waals surface area contributed by atoms with Crippen molar-refractivity contribution in [3.63, 3.8) is 0 Å². The third kappa shape index (κ3) is 3.82. The fourth-order valence-electron chi connectivity index (χ4n) is 0.739. The van der Waals surface area contributed by atoms with Gasteiger partial charge in [-0.3, -0.25) is 4.79 Å². The van der Waals surface area contributed by atoms with E-state index in [1.54, 1.807) is 5.38 Å². The highest BCUT2D eigenvalue weighted by atomic mass is 79.9. The summed E-state index contributed by atoms with van der Waals surface area (Å²) >= 11 is 4.57. The standard InChI is InChI=1S/C7H10BrN3OS/c1-5(8)2-3-9-7(12)6-4-13-11-10-6/h4-5H,2-3H2,1H3,(H,9,12). The van der Waals surface area contributed by atoms with Crippen LogP contribution in [0.4, 0.5) is 0 Å². The maximum atomic E-state index is 11.3. The Morgan fingerprint density at radius 3 is 3.15 bits per heavy atom. The highest BCUT2D eigenvalue weighted by Crippen LogP contribution is 2.01. The minimum Gasteiger partial charge on any atom is -0.351 e. The molecule has 4 nitrogen and oxygen atoms in total. The second kappa shape index (κ2) is 5.29. The lowest BCUT2D eigenvalue weighted by molar-refractivity contribution is 0.0948. The van der Waals surface area contributed by atoms with Crippen LogP contribution in [0.2, 0.25) is 0 Å². The first-order valence-corrected chi connectivity index (χ1v) is 5.64. The molecule has 0 spiro atoms. The molecule has 0 bridgehead atoms. The quantitative estimate of drug-likeness (QED) is 0.837. The summed E-state index contributed by atoms with van der Waals surface area (Å²) in [7, 11) is 0. The molecule has 0 fully saturated rings. The smallest absolute Gasteiger partial charge is 0.272 e. The first kappa shape index (κ1) is 10.6. The molecule has 6 heteroatoms. The Kier molecular flexibility index (Phi) is 4.31. The largest absolute Gasteiger partial charge is 0.351 e. The molecule has 1 unspecified atom stereocenters. The van der Waals surface area contributed by atoms with Gasteiger partial charge in [-0.15, -0.1) is 5.10 Å². The van der Waals surface area contributed by atoms with Crippen molar-refractivity contribution in [1.29, 1.82) is 0 Å². The lowest BCUT2D eigenvalue weighted by atomic mass is 10.3. The van der Waals surface area contributed by atoms with Crippen molar-refractivity contribution in [2.75, 3.05) is 6.54 Å². The third-order valence-corrected chi connectivity index (χ3v) is 2.38. The average molecular weight is 264 g/mol. The Morgan fingerprint density at radius 2 is 2.62 bits per heavy atom. The van der Waals surface area contributed by atoms with Gasteiger partial charge in [-0.05, 0) is 18.0 Å². The second-order valence-electron chi connectivity index (χ2n) is 2.62. The van der Waals surface area contributed by atoms with Crippen LogP contribution in [0, 0.1) is 0 Å². The normalized spacial score (nSPS) is 12.5. The van der Waals surface area contributed by atoms with Gasteiger partial charge in [0.15, 0.2) is 5.69 Å². The first-order chi connectivity index (χ1) is 6.20. The lowest BCUT2D eigenvalue weighted by Gasteiger charge is -2.03. The SMILES string of the molecule is CC(Br)CCNC(=O)c1csnn1. The average Bonchev–Trinajstić information content (AvgIpc) is 2.55. The van der Waals surface area contributed by atoms with Crippen molar-refractivity contribution in [2.24, 2.45) is 0 Å². The van der Waals surface area contributed by atoms with Crippen LogP contribution in [0.3, 0.4) is 0 Å². The van der Waals surface area contributed by atoms with Crippen LogP contribution < -0.4 is 5.32 Å². The number of rotatable bonds is 4. The Balaban J connectivity index is 2.27. The van der Waals surface area contributed by atoms with Crippen LogP contribution in [0.1, 0.15) is 23.8 Å². The van der Waals surface area contributed by atoms with E-state index in [1.165, 1.54) is 11.5 Å². The number of hydrogen-bond acceptors (Lipinski definition) is 4. The van der Waals surface area contributed by atoms with Gasteiger partial charge >= 0.3 is 0 Å². The third-order valence-electron chi connectivity index (χ3n) is 1.42. The molecule has 0 aliphatic heterocycles. The van der Waals surface area contributed by atoms with Crippen LogP contribution in [0.5, 0.6) is 0 Å². The van der Waals surface area contributed by atoms with Gasteiger partial charge in [-0.1, -0.05) is 27.3 Å². The monoisotopic (exact) mass is 263 g/mol. The molecule has 0 aromatic carbocycles. The van der Waals surface area contributed by atoms with E-state index < -0.39 is 0 Å². The topological polar surface area (TPSA) is 54.9 Å². The molecule has 72 valence electrons. The number of aromatic nitrogens is 2. The zero-order valence-corrected chi connectivity index (χ0v) is 9.56. The Hall–Kier alpha value is -0.490. The van der Waals surface area contributed by atoms with Gasteiger partial charge in [0.25, 0.3) is 5.91 Å². The van der Waals surface area contributed by atoms with Crippen molar-refractivity contribution in [2.45, 2.75) is 18.2 Å². The van der Waals surface area contributed by atoms with E-state index in [4.69, 9.17) is 0 Å². The summed E-state index contributed by atoms with van der Waals surface area (Å²) in [6.45, 7) is 2.69. The van der Waals surface area contributed by atoms with Gasteiger partial charge < -0.3 is 5.32 Å². The predicted octanol–water partition coefficient (Wildman–Crippen LogP) is 1.44. The number of nitrogens with zero attached hydrogens (tertiary/aromatic N) is 2. The van der Waals surface area contributed by atoms with E-state index in [0.717, 1.165) is 6.42 Å². The number of amides is 1. The molecule has 1 aromatic rings. The van der Waals surface area contributed by atoms with Gasteiger partial charge in [0.1, 0.15) is 0 Å². The number of carbonyl (C=O) groups excluding carboxylic acids is 1. The molecule has 13 heavy (non-hydrogen) atoms. The molecule has 1 rings (SSSR count). The highest BCUT2D eigenvalue weighted by molar-refractivity contribution is 9.09. The molecular weight excluding hydrogens is 254 g/mol. The van der Waals surface area contributed by atoms with Crippen LogP contribution in [-0.4, -0.2) is 26.9 Å². The highest BCUT2D eigenvalue weighted by Gasteiger charge is 2.07. The maximum Gasteiger partial charge on any atom is 0.272 e. The fourth-order valence-corrected chi connectivity index (χ4v) is 1.40. The van der Waals surface area contributed by atoms with E-state index in [0.29, 0.717) is 17.1 Å². The molecule has 1 aromatic heterocycles. The zero-order valence-electron chi connectivity index (χ0n) is 7.16. The summed E-state index contributed by atoms with van der Waals surface area (Å²) in [5.74, 6) is -0.151. The molecular formula is C7H10BrN3OS. The maximum absolute atomic E-state index is 11.3. The van der Waals surface area contributed by atoms with Crippen molar-refractivity contribution in [3.05, 3.63) is 11.1 Å². The van der Waals surface area contributed by atoms with Crippen LogP contribution >= 0.6 is 27.5 Å². The van der Waals surface area contributed by atoms with Gasteiger partial charge in [0.05, 0.1) is 0 Å². The van der Waals surface area contributed by atoms with E-state index in [1.807, 2.05) is 6.92 Å². The van der Waals surface area contributed by atoms with E-state index in [2.05, 4.69) is 30.8 Å². The second-order valence-corrected chi connectivity index (χ2v) is 4.79. The number of hydrogen-bond donors (Lipinski definition) is 1. The van der Waals surface area contributed by atoms with Crippen molar-refractivity contribution in [1.82, 2.24) is 14.9 Å². The van der Waals surface area contributed by atoms with Crippen molar-refractivity contribution < 1.29 is 4.79 Å². The summed E-state index contributed by atoms with van der Waals surface area (Å²) < 4.78 is 3.61. The van der Waals surface area contributed by atoms with Crippen molar-refractivity contribution >= 4 is 33.4 Å². The molecule has 0 aliphatic rings. The summed E-state index contributed by atoms with van der Waals surface area (Å²) in [5, 5.41) is 8.04. The number of alkyl halides is 1. The van der Waals surface area contributed by atoms with Crippen LogP contribution in [-0.2, 0) is 0 Å². The molecule has 1 atom stereocenters. The van der Waals surface area contributed by atoms with Crippen LogP contribution in [0.15, 0.2) is 5.38 Å². The summed E-state index contributed by atoms with van der Waals surface area (Å²) in [6, 6.07) is 0. The van der Waals surface area contributed by atoms with Gasteiger partial charge in [-0.25, -0.2) is 0 Å². The lowest BCUT2D eigenvalue weighted by Crippen LogP contribution is -2.25. The molecule has 0 aliphatic carbocycles. The van der Waals surface area contributed by atoms with Crippen molar-refractivity contribution in [3.8, 4) is 0 Å². The molecule has 1 N–H and O–H groups in total. The Morgan fingerprint density at radius 1 is 1.85 bits per heavy atom. The molecule has 1 heterocycles. The first-order valence-electron chi connectivity index (χ1n) is 3.89. The fraction of sp³-hybridized carbons (Fsp3) is 0.571. The predicted molar refractivity (Wildman–Crippen MR) is 55.2 cm³/mol. The van der Waals surface area contributed by atoms with Gasteiger partial charge in [0.2, 0.25) is 0 Å². The summed E-state index contributed by atoms with van der Waals surface area (Å²) in [6.07, 6.45) is 0.906. The Bertz CT molecular complexity index is 263. The molecule has 0 radical (unpaired) electrons. The van der Waals surface area contributed by atoms with Crippen LogP contribution in [0.25, 0.3) is 0 Å². The number of halogens is 1. The molecule has 1 amide bonds. The van der Waals surface area contributed by atoms with E-state index in [9.17, 15) is 4.79 Å². The van der Waals surface area contributed by atoms with Gasteiger partial charge in [-0.2, -0.15) is 0 Å². The van der Waals surface area contributed by atoms with E-state index in [-0.39, 0.29) is 5.91 Å². The number of nitrogens with one attached hydrogen (secondary N) is 1. The molecule has 0 saturated carbocycles. The molecule has 0 saturated heterocycles. The minimum absolute atomic E-state index is 0.151. The zero-order chi connectivity index (χ0) is 9.68. The Labute approximate surface area is 89.0 Å². The van der Waals surface area contributed by atoms with E-state index >= 15 is 0 Å². The summed E-state index contributed by atoms with van der Waals surface area (Å²) in [5.41, 5.74) is 0.396. The van der Waals surface area contributed by atoms with Gasteiger partial charge in [0, 0.05) is 16.8 Å². The number of carbonyl (C=O) groups is 1. The minimum atomic E-state index is -0.151. The summed E-state index contributed by atoms with van der Waals surface area (Å²) in [4.78, 5) is 11.7.